The van der Waals surface area contributed by atoms with Crippen molar-refractivity contribution >= 4 is 76.0 Å². The van der Waals surface area contributed by atoms with Gasteiger partial charge in [0.1, 0.15) is 5.52 Å². The number of fused-ring (bicyclic) bond motifs is 5. The second kappa shape index (κ2) is 28.1. The minimum atomic E-state index is -0.0408. The van der Waals surface area contributed by atoms with Crippen molar-refractivity contribution in [3.05, 3.63) is 159 Å². The van der Waals surface area contributed by atoms with Crippen LogP contribution >= 0.6 is 22.7 Å². The minimum absolute atomic E-state index is 0. The zero-order valence-corrected chi connectivity index (χ0v) is 60.1. The molecule has 0 aliphatic heterocycles. The van der Waals surface area contributed by atoms with Gasteiger partial charge in [0.05, 0.1) is 32.6 Å². The van der Waals surface area contributed by atoms with Crippen molar-refractivity contribution in [1.29, 1.82) is 0 Å². The fraction of sp³-hybridized carbons (Fsp3) is 0.543. The van der Waals surface area contributed by atoms with E-state index in [0.29, 0.717) is 0 Å². The molecule has 0 saturated heterocycles. The number of benzene rings is 5. The van der Waals surface area contributed by atoms with E-state index in [9.17, 15) is 0 Å². The molecular formula is C81H125N5OS2. The second-order valence-corrected chi connectivity index (χ2v) is 36.0. The maximum Gasteiger partial charge on any atom is 0.200 e. The first kappa shape index (κ1) is 79.5. The van der Waals surface area contributed by atoms with Crippen molar-refractivity contribution in [3.8, 4) is 0 Å². The van der Waals surface area contributed by atoms with Gasteiger partial charge in [-0.2, -0.15) is 0 Å². The summed E-state index contributed by atoms with van der Waals surface area (Å²) in [6.07, 6.45) is 4.13. The van der Waals surface area contributed by atoms with Crippen molar-refractivity contribution < 1.29 is 4.42 Å². The topological polar surface area (TPSA) is 61.7 Å². The molecule has 0 amide bonds. The SMILES string of the molecule is C.C.C.C.CC(C)(C)c1ccc2c(c1)ncn2C(C)(C)C.CC(C)(C)c1ccc2c(ccn2C(C)(C)C)c1.CC(C)(C)c1ccc2oc(C(C)(C)C)nc2c1.CC(C)(C)c1ccc2sc(C(C)(C)C)cc2c1.CC(C)(C)c1ccc2sc(C(C)(C)C)nc2c1. The van der Waals surface area contributed by atoms with Gasteiger partial charge in [-0.3, -0.25) is 0 Å². The Morgan fingerprint density at radius 1 is 0.337 bits per heavy atom. The Balaban J connectivity index is 0.000000375. The van der Waals surface area contributed by atoms with Crippen LogP contribution in [0.5, 0.6) is 0 Å². The zero-order valence-electron chi connectivity index (χ0n) is 58.4. The lowest BCUT2D eigenvalue weighted by atomic mass is 9.86. The molecule has 0 atom stereocenters. The summed E-state index contributed by atoms with van der Waals surface area (Å²) in [7, 11) is 0. The molecule has 5 aromatic carbocycles. The van der Waals surface area contributed by atoms with Crippen molar-refractivity contribution in [2.45, 2.75) is 292 Å². The Labute approximate surface area is 552 Å². The molecule has 0 saturated carbocycles. The van der Waals surface area contributed by atoms with E-state index in [-0.39, 0.29) is 84.1 Å². The summed E-state index contributed by atoms with van der Waals surface area (Å²) in [6, 6.07) is 37.9. The van der Waals surface area contributed by atoms with Crippen LogP contribution in [0.3, 0.4) is 0 Å². The van der Waals surface area contributed by atoms with E-state index in [2.05, 4.69) is 330 Å². The van der Waals surface area contributed by atoms with Crippen LogP contribution in [0.4, 0.5) is 0 Å². The Kier molecular flexibility index (Phi) is 25.1. The summed E-state index contributed by atoms with van der Waals surface area (Å²) >= 11 is 3.74. The highest BCUT2D eigenvalue weighted by molar-refractivity contribution is 7.19. The van der Waals surface area contributed by atoms with Gasteiger partial charge >= 0.3 is 0 Å². The first-order valence-corrected chi connectivity index (χ1v) is 32.5. The fourth-order valence-electron chi connectivity index (χ4n) is 9.52. The highest BCUT2D eigenvalue weighted by Gasteiger charge is 2.25. The maximum absolute atomic E-state index is 5.79. The number of thiophene rings is 1. The van der Waals surface area contributed by atoms with E-state index in [0.717, 1.165) is 28.0 Å². The standard InChI is InChI=1S/C16H23N.C16H22S.C15H22N2.C15H21NO.C15H21NS.4CH4/c1-15(2,3)13-7-8-14-12(11-13)9-10-17(14)16(4,5)6;1-15(2,3)12-7-8-13-11(9-12)10-14(17-13)16(4,5)6;1-14(2,3)11-7-8-13-12(9-11)16-10-17(13)15(4,5)6;2*1-14(2,3)10-7-8-12-11(9-10)16-13(17-12)15(4,5)6;;;;/h7-11H,1-6H3;2*7-10H,1-6H3;2*7-9H,1-6H3;4*1H4. The molecule has 89 heavy (non-hydrogen) atoms. The van der Waals surface area contributed by atoms with Crippen LogP contribution in [-0.2, 0) is 54.4 Å². The number of hydrogen-bond donors (Lipinski definition) is 0. The van der Waals surface area contributed by atoms with Crippen molar-refractivity contribution in [2.75, 3.05) is 0 Å². The van der Waals surface area contributed by atoms with E-state index in [1.807, 2.05) is 35.1 Å². The van der Waals surface area contributed by atoms with Gasteiger partial charge < -0.3 is 13.6 Å². The van der Waals surface area contributed by atoms with Crippen LogP contribution in [0.25, 0.3) is 53.3 Å². The molecule has 10 aromatic rings. The third kappa shape index (κ3) is 20.5. The molecule has 0 aliphatic rings. The van der Waals surface area contributed by atoms with Crippen LogP contribution in [0, 0.1) is 0 Å². The number of hydrogen-bond acceptors (Lipinski definition) is 6. The summed E-state index contributed by atoms with van der Waals surface area (Å²) in [5, 5.41) is 3.96. The van der Waals surface area contributed by atoms with Gasteiger partial charge in [0, 0.05) is 43.2 Å². The van der Waals surface area contributed by atoms with Crippen LogP contribution in [0.2, 0.25) is 0 Å². The van der Waals surface area contributed by atoms with E-state index >= 15 is 0 Å². The van der Waals surface area contributed by atoms with Crippen LogP contribution < -0.4 is 0 Å². The Bertz CT molecular complexity index is 3430. The number of thiazole rings is 1. The maximum atomic E-state index is 5.79. The summed E-state index contributed by atoms with van der Waals surface area (Å²) in [6.45, 7) is 66.8. The predicted octanol–water partition coefficient (Wildman–Crippen LogP) is 26.1. The predicted molar refractivity (Wildman–Crippen MR) is 404 cm³/mol. The molecule has 492 valence electrons. The molecule has 5 aromatic heterocycles. The lowest BCUT2D eigenvalue weighted by molar-refractivity contribution is 0.408. The molecular weight excluding hydrogens is 1120 g/mol. The molecule has 0 unspecified atom stereocenters. The van der Waals surface area contributed by atoms with Crippen molar-refractivity contribution in [2.24, 2.45) is 0 Å². The smallest absolute Gasteiger partial charge is 0.200 e. The Morgan fingerprint density at radius 3 is 1.20 bits per heavy atom. The van der Waals surface area contributed by atoms with E-state index in [1.54, 1.807) is 0 Å². The second-order valence-electron chi connectivity index (χ2n) is 33.9. The van der Waals surface area contributed by atoms with Gasteiger partial charge in [-0.1, -0.05) is 226 Å². The molecule has 6 nitrogen and oxygen atoms in total. The van der Waals surface area contributed by atoms with Gasteiger partial charge in [-0.05, 0) is 185 Å². The zero-order chi connectivity index (χ0) is 64.2. The molecule has 5 heterocycles. The number of rotatable bonds is 0. The number of oxazole rings is 1. The summed E-state index contributed by atoms with van der Waals surface area (Å²) < 4.78 is 13.1. The van der Waals surface area contributed by atoms with Gasteiger partial charge in [0.15, 0.2) is 5.58 Å². The average Bonchev–Trinajstić information content (AvgIpc) is 1.75. The fourth-order valence-corrected chi connectivity index (χ4v) is 11.6. The van der Waals surface area contributed by atoms with Crippen molar-refractivity contribution in [1.82, 2.24) is 24.1 Å². The first-order chi connectivity index (χ1) is 38.4. The average molecular weight is 1250 g/mol. The Hall–Kier alpha value is -5.57. The van der Waals surface area contributed by atoms with E-state index in [1.165, 1.54) is 68.9 Å². The van der Waals surface area contributed by atoms with Gasteiger partial charge in [-0.15, -0.1) is 22.7 Å². The molecule has 0 bridgehead atoms. The lowest BCUT2D eigenvalue weighted by Gasteiger charge is -2.23. The summed E-state index contributed by atoms with van der Waals surface area (Å²) in [5.41, 5.74) is 15.0. The monoisotopic (exact) mass is 1250 g/mol. The van der Waals surface area contributed by atoms with Gasteiger partial charge in [-0.25, -0.2) is 15.0 Å². The molecule has 8 heteroatoms. The summed E-state index contributed by atoms with van der Waals surface area (Å²) in [4.78, 5) is 15.4. The molecule has 0 N–H and O–H groups in total. The number of aromatic nitrogens is 5. The van der Waals surface area contributed by atoms with E-state index < -0.39 is 0 Å². The van der Waals surface area contributed by atoms with Crippen LogP contribution in [0.1, 0.15) is 281 Å². The van der Waals surface area contributed by atoms with Crippen LogP contribution in [-0.4, -0.2) is 24.1 Å². The third-order valence-corrected chi connectivity index (χ3v) is 18.3. The number of nitrogens with zero attached hydrogens (tertiary/aromatic N) is 5. The van der Waals surface area contributed by atoms with Crippen LogP contribution in [0.15, 0.2) is 120 Å². The lowest BCUT2D eigenvalue weighted by Crippen LogP contribution is -2.20. The van der Waals surface area contributed by atoms with Crippen molar-refractivity contribution in [3.63, 3.8) is 0 Å². The largest absolute Gasteiger partial charge is 0.440 e. The highest BCUT2D eigenvalue weighted by Crippen LogP contribution is 2.38. The highest BCUT2D eigenvalue weighted by atomic mass is 32.1. The number of imidazole rings is 1. The normalized spacial score (nSPS) is 12.7. The van der Waals surface area contributed by atoms with Gasteiger partial charge in [0.25, 0.3) is 0 Å². The summed E-state index contributed by atoms with van der Waals surface area (Å²) in [5.74, 6) is 0.804. The minimum Gasteiger partial charge on any atom is -0.440 e. The quantitative estimate of drug-likeness (QED) is 0.152. The van der Waals surface area contributed by atoms with Gasteiger partial charge in [0.2, 0.25) is 5.89 Å². The molecule has 10 rings (SSSR count). The Morgan fingerprint density at radius 2 is 0.753 bits per heavy atom. The third-order valence-electron chi connectivity index (χ3n) is 15.3. The molecule has 0 aliphatic carbocycles. The molecule has 0 fully saturated rings. The van der Waals surface area contributed by atoms with E-state index in [4.69, 9.17) is 9.40 Å². The molecule has 0 spiro atoms. The molecule has 0 radical (unpaired) electrons. The first-order valence-electron chi connectivity index (χ1n) is 30.9.